The normalized spacial score (nSPS) is 31.0. The SMILES string of the molecule is c1ccc2c(c1)CNC1(CCSC1)C(=NC1CCCCC1)N2. The number of para-hydroxylation sites is 1. The van der Waals surface area contributed by atoms with Crippen LogP contribution in [0.2, 0.25) is 0 Å². The molecule has 4 heteroatoms. The largest absolute Gasteiger partial charge is 0.342 e. The zero-order valence-corrected chi connectivity index (χ0v) is 13.9. The summed E-state index contributed by atoms with van der Waals surface area (Å²) in [5, 5.41) is 7.55. The average molecular weight is 315 g/mol. The minimum absolute atomic E-state index is 0.0567. The third kappa shape index (κ3) is 2.79. The fourth-order valence-corrected chi connectivity index (χ4v) is 5.20. The second kappa shape index (κ2) is 6.25. The molecule has 2 aliphatic heterocycles. The van der Waals surface area contributed by atoms with Crippen LogP contribution in [-0.2, 0) is 6.54 Å². The summed E-state index contributed by atoms with van der Waals surface area (Å²) in [5.41, 5.74) is 2.65. The first-order valence-corrected chi connectivity index (χ1v) is 9.77. The summed E-state index contributed by atoms with van der Waals surface area (Å²) in [5.74, 6) is 3.57. The van der Waals surface area contributed by atoms with Gasteiger partial charge in [0.15, 0.2) is 0 Å². The zero-order valence-electron chi connectivity index (χ0n) is 13.1. The number of benzene rings is 1. The molecule has 1 aliphatic carbocycles. The van der Waals surface area contributed by atoms with E-state index in [1.165, 1.54) is 61.4 Å². The maximum absolute atomic E-state index is 5.22. The van der Waals surface area contributed by atoms with Gasteiger partial charge in [0.1, 0.15) is 5.84 Å². The summed E-state index contributed by atoms with van der Waals surface area (Å²) in [6, 6.07) is 9.17. The van der Waals surface area contributed by atoms with Gasteiger partial charge in [-0.15, -0.1) is 0 Å². The first-order chi connectivity index (χ1) is 10.9. The number of nitrogens with zero attached hydrogens (tertiary/aromatic N) is 1. The van der Waals surface area contributed by atoms with Crippen molar-refractivity contribution in [3.8, 4) is 0 Å². The molecule has 0 amide bonds. The molecule has 1 spiro atoms. The number of rotatable bonds is 1. The van der Waals surface area contributed by atoms with Crippen LogP contribution in [0, 0.1) is 0 Å². The van der Waals surface area contributed by atoms with Crippen molar-refractivity contribution in [1.29, 1.82) is 0 Å². The van der Waals surface area contributed by atoms with E-state index in [0.29, 0.717) is 6.04 Å². The molecule has 4 rings (SSSR count). The fraction of sp³-hybridized carbons (Fsp3) is 0.611. The van der Waals surface area contributed by atoms with Crippen LogP contribution in [0.15, 0.2) is 29.3 Å². The minimum Gasteiger partial charge on any atom is -0.342 e. The standard InChI is InChI=1S/C18H25N3S/c1-2-7-15(8-3-1)20-17-18(10-11-22-13-18)19-12-14-6-4-5-9-16(14)21-17/h4-6,9,15,19H,1-3,7-8,10-13H2,(H,20,21). The van der Waals surface area contributed by atoms with Crippen molar-refractivity contribution in [3.05, 3.63) is 29.8 Å². The van der Waals surface area contributed by atoms with Crippen LogP contribution in [0.1, 0.15) is 44.1 Å². The molecule has 0 radical (unpaired) electrons. The van der Waals surface area contributed by atoms with E-state index < -0.39 is 0 Å². The number of hydrogen-bond donors (Lipinski definition) is 2. The van der Waals surface area contributed by atoms with E-state index in [9.17, 15) is 0 Å². The maximum atomic E-state index is 5.22. The number of anilines is 1. The lowest BCUT2D eigenvalue weighted by Gasteiger charge is -2.31. The molecule has 118 valence electrons. The van der Waals surface area contributed by atoms with Crippen molar-refractivity contribution in [2.24, 2.45) is 4.99 Å². The van der Waals surface area contributed by atoms with E-state index in [1.807, 2.05) is 11.8 Å². The molecule has 1 unspecified atom stereocenters. The van der Waals surface area contributed by atoms with Crippen LogP contribution in [-0.4, -0.2) is 28.9 Å². The molecular weight excluding hydrogens is 290 g/mol. The highest BCUT2D eigenvalue weighted by Crippen LogP contribution is 2.34. The molecule has 2 N–H and O–H groups in total. The van der Waals surface area contributed by atoms with Crippen molar-refractivity contribution in [2.75, 3.05) is 16.8 Å². The molecule has 2 heterocycles. The number of aliphatic imine (C=N–C) groups is 1. The van der Waals surface area contributed by atoms with Crippen LogP contribution < -0.4 is 10.6 Å². The van der Waals surface area contributed by atoms with Gasteiger partial charge in [0.25, 0.3) is 0 Å². The minimum atomic E-state index is 0.0567. The molecule has 0 aromatic heterocycles. The molecule has 1 aromatic rings. The Hall–Kier alpha value is -1.00. The predicted molar refractivity (Wildman–Crippen MR) is 95.9 cm³/mol. The van der Waals surface area contributed by atoms with Crippen molar-refractivity contribution >= 4 is 23.3 Å². The van der Waals surface area contributed by atoms with Crippen molar-refractivity contribution < 1.29 is 0 Å². The summed E-state index contributed by atoms with van der Waals surface area (Å²) < 4.78 is 0. The molecule has 2 fully saturated rings. The third-order valence-corrected chi connectivity index (χ3v) is 6.44. The molecule has 3 aliphatic rings. The Labute approximate surface area is 137 Å². The third-order valence-electron chi connectivity index (χ3n) is 5.25. The van der Waals surface area contributed by atoms with Crippen LogP contribution in [0.3, 0.4) is 0 Å². The summed E-state index contributed by atoms with van der Waals surface area (Å²) in [6.07, 6.45) is 7.77. The lowest BCUT2D eigenvalue weighted by atomic mass is 9.93. The Balaban J connectivity index is 1.68. The van der Waals surface area contributed by atoms with Crippen molar-refractivity contribution in [1.82, 2.24) is 5.32 Å². The molecule has 1 aromatic carbocycles. The van der Waals surface area contributed by atoms with E-state index in [4.69, 9.17) is 4.99 Å². The summed E-state index contributed by atoms with van der Waals surface area (Å²) in [6.45, 7) is 0.938. The van der Waals surface area contributed by atoms with E-state index in [-0.39, 0.29) is 5.54 Å². The number of thioether (sulfide) groups is 1. The lowest BCUT2D eigenvalue weighted by molar-refractivity contribution is 0.431. The number of nitrogens with one attached hydrogen (secondary N) is 2. The molecule has 3 nitrogen and oxygen atoms in total. The molecule has 1 saturated carbocycles. The van der Waals surface area contributed by atoms with Crippen LogP contribution >= 0.6 is 11.8 Å². The van der Waals surface area contributed by atoms with Crippen LogP contribution in [0.4, 0.5) is 5.69 Å². The maximum Gasteiger partial charge on any atom is 0.122 e. The first kappa shape index (κ1) is 14.6. The zero-order chi connectivity index (χ0) is 14.8. The Bertz CT molecular complexity index is 557. The molecule has 0 bridgehead atoms. The van der Waals surface area contributed by atoms with E-state index >= 15 is 0 Å². The lowest BCUT2D eigenvalue weighted by Crippen LogP contribution is -2.53. The van der Waals surface area contributed by atoms with Gasteiger partial charge in [-0.1, -0.05) is 37.5 Å². The molecule has 1 saturated heterocycles. The highest BCUT2D eigenvalue weighted by atomic mass is 32.2. The summed E-state index contributed by atoms with van der Waals surface area (Å²) >= 11 is 2.05. The molecule has 22 heavy (non-hydrogen) atoms. The van der Waals surface area contributed by atoms with Crippen LogP contribution in [0.5, 0.6) is 0 Å². The van der Waals surface area contributed by atoms with Gasteiger partial charge in [-0.2, -0.15) is 11.8 Å². The summed E-state index contributed by atoms with van der Waals surface area (Å²) in [4.78, 5) is 5.22. The first-order valence-electron chi connectivity index (χ1n) is 8.62. The van der Waals surface area contributed by atoms with Gasteiger partial charge in [-0.3, -0.25) is 10.3 Å². The van der Waals surface area contributed by atoms with E-state index in [2.05, 4.69) is 34.9 Å². The summed E-state index contributed by atoms with van der Waals surface area (Å²) in [7, 11) is 0. The van der Waals surface area contributed by atoms with Crippen molar-refractivity contribution in [3.63, 3.8) is 0 Å². The van der Waals surface area contributed by atoms with Gasteiger partial charge in [-0.05, 0) is 36.6 Å². The van der Waals surface area contributed by atoms with Gasteiger partial charge >= 0.3 is 0 Å². The Morgan fingerprint density at radius 2 is 2.00 bits per heavy atom. The highest BCUT2D eigenvalue weighted by Gasteiger charge is 2.41. The smallest absolute Gasteiger partial charge is 0.122 e. The van der Waals surface area contributed by atoms with Gasteiger partial charge < -0.3 is 5.32 Å². The van der Waals surface area contributed by atoms with Crippen molar-refractivity contribution in [2.45, 2.75) is 56.7 Å². The average Bonchev–Trinajstić information content (AvgIpc) is 2.98. The Morgan fingerprint density at radius 1 is 1.14 bits per heavy atom. The van der Waals surface area contributed by atoms with Gasteiger partial charge in [0.05, 0.1) is 11.6 Å². The quantitative estimate of drug-likeness (QED) is 0.827. The molecule has 1 atom stereocenters. The van der Waals surface area contributed by atoms with Gasteiger partial charge in [-0.25, -0.2) is 0 Å². The second-order valence-corrected chi connectivity index (χ2v) is 7.90. The van der Waals surface area contributed by atoms with Gasteiger partial charge in [0, 0.05) is 18.0 Å². The monoisotopic (exact) mass is 315 g/mol. The topological polar surface area (TPSA) is 36.4 Å². The van der Waals surface area contributed by atoms with E-state index in [1.54, 1.807) is 0 Å². The second-order valence-electron chi connectivity index (χ2n) is 6.79. The number of fused-ring (bicyclic) bond motifs is 1. The van der Waals surface area contributed by atoms with E-state index in [0.717, 1.165) is 12.3 Å². The number of amidine groups is 1. The Kier molecular flexibility index (Phi) is 4.14. The van der Waals surface area contributed by atoms with Gasteiger partial charge in [0.2, 0.25) is 0 Å². The van der Waals surface area contributed by atoms with Crippen LogP contribution in [0.25, 0.3) is 0 Å². The highest BCUT2D eigenvalue weighted by molar-refractivity contribution is 7.99. The molecular formula is C18H25N3S. The fourth-order valence-electron chi connectivity index (χ4n) is 3.83. The predicted octanol–water partition coefficient (Wildman–Crippen LogP) is 3.81. The Morgan fingerprint density at radius 3 is 2.82 bits per heavy atom. The number of hydrogen-bond acceptors (Lipinski definition) is 3.